The molecular weight excluding hydrogens is 905 g/mol. The number of Topliss-reactive ketones (excluding diaryl/α,β-unsaturated/α-hetero) is 1. The summed E-state index contributed by atoms with van der Waals surface area (Å²) in [7, 11) is 0. The number of carbonyl (C=O) groups excluding carboxylic acids is 3. The van der Waals surface area contributed by atoms with Crippen molar-refractivity contribution in [1.82, 2.24) is 4.90 Å². The summed E-state index contributed by atoms with van der Waals surface area (Å²) < 4.78 is 12.7. The summed E-state index contributed by atoms with van der Waals surface area (Å²) in [5, 5.41) is 68.9. The van der Waals surface area contributed by atoms with E-state index in [1.54, 1.807) is 26.0 Å². The van der Waals surface area contributed by atoms with Crippen molar-refractivity contribution in [3.63, 3.8) is 0 Å². The summed E-state index contributed by atoms with van der Waals surface area (Å²) in [5.41, 5.74) is 2.42. The van der Waals surface area contributed by atoms with Crippen LogP contribution in [0.5, 0.6) is 0 Å². The molecule has 3 heterocycles. The van der Waals surface area contributed by atoms with E-state index < -0.39 is 82.7 Å². The number of cyclic esters (lactones) is 1. The number of carbonyl (C=O) groups is 3. The third kappa shape index (κ3) is 15.5. The maximum atomic E-state index is 14.5. The molecule has 2 bridgehead atoms. The first-order valence-electron chi connectivity index (χ1n) is 26.6. The van der Waals surface area contributed by atoms with E-state index in [4.69, 9.17) is 9.47 Å². The first-order valence-corrected chi connectivity index (χ1v) is 26.6. The first kappa shape index (κ1) is 57.8. The molecule has 1 amide bonds. The number of rotatable bonds is 6. The van der Waals surface area contributed by atoms with Crippen LogP contribution in [-0.2, 0) is 30.3 Å². The maximum absolute atomic E-state index is 14.5. The number of ketones is 1. The lowest BCUT2D eigenvalue weighted by Gasteiger charge is -2.43. The standard InChI is InChI=1S/C57H86N2O12/c1-34-15-11-10-12-16-35(2)45(31-43-19-22-46(23-20-43)59(68)69)32-47-24-18-41(8)57(67,71-47)54(64)55(65)58-26-14-13-17-48(58)56(66)70-51(38(5)30-44-21-25-49(60)37(4)29-44)33-50(61)36(3)28-40(7)53(63)42(9)52(62)39(6)27-34/h10-12,15-16,19-20,22-23,28,34,36-39,41-42,44-45,47-53,60-63,67H,13-14,17-18,21,24-27,29-33H2,1-9H3/b12-10+,15-11+,35-16+,40-28+/t34-,36-,37-,38-,39-,41-,42+,44-,45+,47?,48?,49-,50?,51+,52+,53-,57-/m1/s1. The number of nitro benzene ring substituents is 1. The van der Waals surface area contributed by atoms with Crippen LogP contribution in [0.15, 0.2) is 71.9 Å². The van der Waals surface area contributed by atoms with Crippen molar-refractivity contribution >= 4 is 23.3 Å². The summed E-state index contributed by atoms with van der Waals surface area (Å²) in [6.07, 6.45) is 14.0. The number of hydrogen-bond acceptors (Lipinski definition) is 12. The van der Waals surface area contributed by atoms with Crippen LogP contribution in [0.3, 0.4) is 0 Å². The molecule has 0 radical (unpaired) electrons. The number of aliphatic hydroxyl groups excluding tert-OH is 4. The second-order valence-corrected chi connectivity index (χ2v) is 22.5. The molecule has 71 heavy (non-hydrogen) atoms. The molecule has 17 atom stereocenters. The summed E-state index contributed by atoms with van der Waals surface area (Å²) in [6, 6.07) is 5.27. The van der Waals surface area contributed by atoms with E-state index in [0.29, 0.717) is 63.4 Å². The van der Waals surface area contributed by atoms with E-state index >= 15 is 0 Å². The van der Waals surface area contributed by atoms with E-state index in [0.717, 1.165) is 24.0 Å². The molecule has 0 spiro atoms. The van der Waals surface area contributed by atoms with E-state index in [-0.39, 0.29) is 66.7 Å². The summed E-state index contributed by atoms with van der Waals surface area (Å²) in [6.45, 7) is 17.3. The number of hydrogen-bond donors (Lipinski definition) is 5. The summed E-state index contributed by atoms with van der Waals surface area (Å²) in [5.74, 6) is -7.06. The molecule has 3 aliphatic heterocycles. The molecule has 5 N–H and O–H groups in total. The molecular formula is C57H86N2O12. The Bertz CT molecular complexity index is 2070. The summed E-state index contributed by atoms with van der Waals surface area (Å²) >= 11 is 0. The van der Waals surface area contributed by atoms with Crippen molar-refractivity contribution < 1.29 is 54.3 Å². The van der Waals surface area contributed by atoms with Gasteiger partial charge in [-0.25, -0.2) is 4.79 Å². The number of fused-ring (bicyclic) bond motifs is 3. The quantitative estimate of drug-likeness (QED) is 0.0594. The van der Waals surface area contributed by atoms with Crippen molar-refractivity contribution in [2.24, 2.45) is 53.3 Å². The highest BCUT2D eigenvalue weighted by Gasteiger charge is 2.53. The Kier molecular flexibility index (Phi) is 21.4. The maximum Gasteiger partial charge on any atom is 0.329 e. The lowest BCUT2D eigenvalue weighted by molar-refractivity contribution is -0.384. The number of amides is 1. The minimum absolute atomic E-state index is 0.0224. The van der Waals surface area contributed by atoms with Gasteiger partial charge in [-0.15, -0.1) is 0 Å². The zero-order valence-electron chi connectivity index (χ0n) is 43.9. The van der Waals surface area contributed by atoms with Crippen LogP contribution < -0.4 is 0 Å². The number of ether oxygens (including phenoxy) is 2. The van der Waals surface area contributed by atoms with Crippen LogP contribution in [0.25, 0.3) is 0 Å². The van der Waals surface area contributed by atoms with Crippen LogP contribution in [0.2, 0.25) is 0 Å². The number of nitro groups is 1. The van der Waals surface area contributed by atoms with Crippen LogP contribution in [0.4, 0.5) is 5.69 Å². The molecule has 4 aliphatic rings. The zero-order chi connectivity index (χ0) is 52.3. The SMILES string of the molecule is C\C1=C/C=C/C=C/[C@@H](C)C[C@@H](C)[C@H](O)[C@H](C)[C@H](O)/C(C)=C/[C@@H](C)C(O)C[C@@H]([C@H](C)C[C@@H]2CC[C@@H](O)[C@H](C)C2)OC(=O)C2CCCCN2C(=O)C(=O)[C@]2(O)OC(CC[C@H]2C)C[C@@H]1Cc1ccc([N+](=O)[O-])cc1. The van der Waals surface area contributed by atoms with Gasteiger partial charge in [0.1, 0.15) is 12.1 Å². The van der Waals surface area contributed by atoms with Gasteiger partial charge in [-0.2, -0.15) is 0 Å². The summed E-state index contributed by atoms with van der Waals surface area (Å²) in [4.78, 5) is 55.6. The fourth-order valence-corrected chi connectivity index (χ4v) is 11.7. The first-order chi connectivity index (χ1) is 33.5. The Morgan fingerprint density at radius 2 is 1.52 bits per heavy atom. The molecule has 1 aromatic carbocycles. The van der Waals surface area contributed by atoms with Gasteiger partial charge in [-0.1, -0.05) is 103 Å². The minimum atomic E-state index is -2.46. The van der Waals surface area contributed by atoms with Gasteiger partial charge in [-0.05, 0) is 138 Å². The highest BCUT2D eigenvalue weighted by Crippen LogP contribution is 2.39. The molecule has 396 valence electrons. The third-order valence-electron chi connectivity index (χ3n) is 16.6. The number of esters is 1. The lowest BCUT2D eigenvalue weighted by atomic mass is 9.75. The fraction of sp³-hybridized carbons (Fsp3) is 0.702. The molecule has 3 fully saturated rings. The van der Waals surface area contributed by atoms with Gasteiger partial charge in [0.2, 0.25) is 5.79 Å². The Balaban J connectivity index is 1.49. The van der Waals surface area contributed by atoms with Crippen LogP contribution in [0.1, 0.15) is 145 Å². The predicted octanol–water partition coefficient (Wildman–Crippen LogP) is 8.76. The molecule has 0 aromatic heterocycles. The van der Waals surface area contributed by atoms with Gasteiger partial charge in [0.15, 0.2) is 0 Å². The van der Waals surface area contributed by atoms with E-state index in [9.17, 15) is 50.0 Å². The molecule has 1 aromatic rings. The zero-order valence-corrected chi connectivity index (χ0v) is 43.9. The monoisotopic (exact) mass is 991 g/mol. The Morgan fingerprint density at radius 1 is 0.817 bits per heavy atom. The molecule has 2 saturated heterocycles. The number of benzene rings is 1. The van der Waals surface area contributed by atoms with Crippen LogP contribution in [0, 0.1) is 63.4 Å². The second kappa shape index (κ2) is 26.2. The minimum Gasteiger partial charge on any atom is -0.460 e. The van der Waals surface area contributed by atoms with Gasteiger partial charge in [0, 0.05) is 42.9 Å². The van der Waals surface area contributed by atoms with Gasteiger partial charge in [0.05, 0.1) is 35.4 Å². The van der Waals surface area contributed by atoms with Crippen molar-refractivity contribution in [1.29, 1.82) is 0 Å². The molecule has 1 aliphatic carbocycles. The Labute approximate surface area is 422 Å². The van der Waals surface area contributed by atoms with Gasteiger partial charge < -0.3 is 39.9 Å². The number of non-ortho nitro benzene ring substituents is 1. The molecule has 3 unspecified atom stereocenters. The number of aliphatic hydroxyl groups is 5. The highest BCUT2D eigenvalue weighted by molar-refractivity contribution is 6.39. The smallest absolute Gasteiger partial charge is 0.329 e. The average Bonchev–Trinajstić information content (AvgIpc) is 3.34. The third-order valence-corrected chi connectivity index (χ3v) is 16.6. The highest BCUT2D eigenvalue weighted by atomic mass is 16.6. The largest absolute Gasteiger partial charge is 0.460 e. The lowest BCUT2D eigenvalue weighted by Crippen LogP contribution is -2.60. The fourth-order valence-electron chi connectivity index (χ4n) is 11.7. The number of allylic oxidation sites excluding steroid dienone is 6. The Morgan fingerprint density at radius 3 is 2.20 bits per heavy atom. The van der Waals surface area contributed by atoms with Crippen molar-refractivity contribution in [3.05, 3.63) is 87.5 Å². The van der Waals surface area contributed by atoms with E-state index in [1.807, 2.05) is 71.9 Å². The normalized spacial score (nSPS) is 39.9. The van der Waals surface area contributed by atoms with Crippen LogP contribution >= 0.6 is 0 Å². The van der Waals surface area contributed by atoms with Crippen molar-refractivity contribution in [3.8, 4) is 0 Å². The van der Waals surface area contributed by atoms with Crippen molar-refractivity contribution in [2.45, 2.75) is 194 Å². The van der Waals surface area contributed by atoms with Crippen LogP contribution in [-0.4, -0.2) is 108 Å². The Hall–Kier alpha value is -4.05. The predicted molar refractivity (Wildman–Crippen MR) is 273 cm³/mol. The second-order valence-electron chi connectivity index (χ2n) is 22.5. The molecule has 5 rings (SSSR count). The van der Waals surface area contributed by atoms with Gasteiger partial charge in [0.25, 0.3) is 17.4 Å². The topological polar surface area (TPSA) is 217 Å². The number of piperidine rings is 1. The number of nitrogens with zero attached hydrogens (tertiary/aromatic N) is 2. The van der Waals surface area contributed by atoms with E-state index in [2.05, 4.69) is 13.0 Å². The van der Waals surface area contributed by atoms with Gasteiger partial charge in [-0.3, -0.25) is 19.7 Å². The van der Waals surface area contributed by atoms with E-state index in [1.165, 1.54) is 17.0 Å². The molecule has 14 nitrogen and oxygen atoms in total. The molecule has 14 heteroatoms. The van der Waals surface area contributed by atoms with Crippen molar-refractivity contribution in [2.75, 3.05) is 6.54 Å². The molecule has 1 saturated carbocycles. The average molecular weight is 991 g/mol. The van der Waals surface area contributed by atoms with Gasteiger partial charge >= 0.3 is 5.97 Å².